The highest BCUT2D eigenvalue weighted by Crippen LogP contribution is 2.32. The van der Waals surface area contributed by atoms with E-state index in [4.69, 9.17) is 9.15 Å². The fraction of sp³-hybridized carbons (Fsp3) is 0.130. The first-order valence-electron chi connectivity index (χ1n) is 9.49. The van der Waals surface area contributed by atoms with Crippen LogP contribution in [0.3, 0.4) is 0 Å². The van der Waals surface area contributed by atoms with Crippen LogP contribution in [0.4, 0.5) is 0 Å². The molecular formula is C23H19N3O2S. The molecule has 1 N–H and O–H groups in total. The van der Waals surface area contributed by atoms with Gasteiger partial charge in [0.1, 0.15) is 11.3 Å². The minimum Gasteiger partial charge on any atom is -0.464 e. The molecule has 29 heavy (non-hydrogen) atoms. The lowest BCUT2D eigenvalue weighted by atomic mass is 10.1. The number of hydrogen-bond donors (Lipinski definition) is 1. The lowest BCUT2D eigenvalue weighted by Crippen LogP contribution is -2.16. The minimum atomic E-state index is 0.576. The molecule has 0 fully saturated rings. The van der Waals surface area contributed by atoms with Crippen molar-refractivity contribution in [2.45, 2.75) is 13.0 Å². The van der Waals surface area contributed by atoms with Crippen LogP contribution < -0.4 is 10.1 Å². The molecule has 3 heterocycles. The zero-order valence-electron chi connectivity index (χ0n) is 15.7. The molecule has 3 aromatic heterocycles. The summed E-state index contributed by atoms with van der Waals surface area (Å²) in [6, 6.07) is 20.3. The maximum absolute atomic E-state index is 5.92. The van der Waals surface area contributed by atoms with Crippen molar-refractivity contribution in [3.63, 3.8) is 0 Å². The van der Waals surface area contributed by atoms with Crippen molar-refractivity contribution in [3.05, 3.63) is 84.3 Å². The van der Waals surface area contributed by atoms with Gasteiger partial charge in [-0.05, 0) is 42.8 Å². The molecule has 0 radical (unpaired) electrons. The molecule has 5 aromatic rings. The molecule has 6 heteroatoms. The zero-order valence-corrected chi connectivity index (χ0v) is 16.5. The van der Waals surface area contributed by atoms with E-state index in [1.807, 2.05) is 42.7 Å². The second-order valence-electron chi connectivity index (χ2n) is 6.74. The number of ether oxygens (including phenoxy) is 1. The second-order valence-corrected chi connectivity index (χ2v) is 7.73. The van der Waals surface area contributed by atoms with Gasteiger partial charge in [-0.1, -0.05) is 41.7 Å². The SMILES string of the molecule is c1ccc(CCNCc2coc3cc(Oc4nc5ncccc5s4)ccc23)cc1. The fourth-order valence-electron chi connectivity index (χ4n) is 3.26. The first-order chi connectivity index (χ1) is 14.3. The highest BCUT2D eigenvalue weighted by atomic mass is 32.1. The molecule has 144 valence electrons. The summed E-state index contributed by atoms with van der Waals surface area (Å²) in [5.74, 6) is 0.703. The zero-order chi connectivity index (χ0) is 19.5. The predicted molar refractivity (Wildman–Crippen MR) is 116 cm³/mol. The van der Waals surface area contributed by atoms with Crippen LogP contribution in [-0.2, 0) is 13.0 Å². The monoisotopic (exact) mass is 401 g/mol. The standard InChI is InChI=1S/C23H19N3O2S/c1-2-5-16(6-3-1)10-12-24-14-17-15-27-20-13-18(8-9-19(17)20)28-23-26-22-21(29-23)7-4-11-25-22/h1-9,11,13,15,24H,10,12,14H2. The van der Waals surface area contributed by atoms with E-state index in [-0.39, 0.29) is 0 Å². The van der Waals surface area contributed by atoms with Gasteiger partial charge in [0, 0.05) is 29.8 Å². The number of aromatic nitrogens is 2. The first kappa shape index (κ1) is 17.8. The van der Waals surface area contributed by atoms with Gasteiger partial charge in [0.05, 0.1) is 11.0 Å². The quantitative estimate of drug-likeness (QED) is 0.362. The van der Waals surface area contributed by atoms with Crippen molar-refractivity contribution in [1.82, 2.24) is 15.3 Å². The van der Waals surface area contributed by atoms with E-state index in [0.717, 1.165) is 40.7 Å². The van der Waals surface area contributed by atoms with Crippen molar-refractivity contribution in [1.29, 1.82) is 0 Å². The summed E-state index contributed by atoms with van der Waals surface area (Å²) in [7, 11) is 0. The maximum atomic E-state index is 5.92. The van der Waals surface area contributed by atoms with E-state index < -0.39 is 0 Å². The Bertz CT molecular complexity index is 1210. The summed E-state index contributed by atoms with van der Waals surface area (Å²) in [6.45, 7) is 1.69. The van der Waals surface area contributed by atoms with Gasteiger partial charge in [-0.15, -0.1) is 0 Å². The molecule has 0 spiro atoms. The summed E-state index contributed by atoms with van der Waals surface area (Å²) >= 11 is 1.48. The van der Waals surface area contributed by atoms with Crippen LogP contribution in [0.1, 0.15) is 11.1 Å². The number of nitrogens with one attached hydrogen (secondary N) is 1. The van der Waals surface area contributed by atoms with E-state index >= 15 is 0 Å². The van der Waals surface area contributed by atoms with Gasteiger partial charge in [-0.25, -0.2) is 4.98 Å². The number of fused-ring (bicyclic) bond motifs is 2. The molecule has 0 aliphatic heterocycles. The summed E-state index contributed by atoms with van der Waals surface area (Å²) in [5.41, 5.74) is 3.99. The third-order valence-corrected chi connectivity index (χ3v) is 5.61. The van der Waals surface area contributed by atoms with E-state index in [2.05, 4.69) is 39.6 Å². The highest BCUT2D eigenvalue weighted by molar-refractivity contribution is 7.20. The van der Waals surface area contributed by atoms with Gasteiger partial charge in [0.25, 0.3) is 5.19 Å². The number of benzene rings is 2. The Labute approximate surface area is 172 Å². The molecule has 0 unspecified atom stereocenters. The molecule has 0 atom stereocenters. The van der Waals surface area contributed by atoms with Crippen LogP contribution >= 0.6 is 11.3 Å². The van der Waals surface area contributed by atoms with Gasteiger partial charge in [-0.2, -0.15) is 4.98 Å². The lowest BCUT2D eigenvalue weighted by Gasteiger charge is -2.04. The van der Waals surface area contributed by atoms with Crippen LogP contribution in [0.15, 0.2) is 77.5 Å². The van der Waals surface area contributed by atoms with Gasteiger partial charge in [0.15, 0.2) is 5.65 Å². The highest BCUT2D eigenvalue weighted by Gasteiger charge is 2.10. The van der Waals surface area contributed by atoms with Crippen molar-refractivity contribution >= 4 is 32.7 Å². The Hall–Kier alpha value is -3.22. The predicted octanol–water partition coefficient (Wildman–Crippen LogP) is 5.56. The Morgan fingerprint density at radius 2 is 1.97 bits per heavy atom. The Balaban J connectivity index is 1.24. The fourth-order valence-corrected chi connectivity index (χ4v) is 4.05. The second kappa shape index (κ2) is 8.03. The maximum Gasteiger partial charge on any atom is 0.281 e. The van der Waals surface area contributed by atoms with Gasteiger partial charge in [0.2, 0.25) is 0 Å². The molecule has 5 nitrogen and oxygen atoms in total. The summed E-state index contributed by atoms with van der Waals surface area (Å²) in [6.07, 6.45) is 4.55. The van der Waals surface area contributed by atoms with E-state index in [9.17, 15) is 0 Å². The Morgan fingerprint density at radius 3 is 2.86 bits per heavy atom. The number of thiazole rings is 1. The van der Waals surface area contributed by atoms with Gasteiger partial charge >= 0.3 is 0 Å². The van der Waals surface area contributed by atoms with Crippen LogP contribution in [-0.4, -0.2) is 16.5 Å². The third kappa shape index (κ3) is 3.99. The third-order valence-electron chi connectivity index (χ3n) is 4.73. The van der Waals surface area contributed by atoms with Crippen molar-refractivity contribution in [2.24, 2.45) is 0 Å². The normalized spacial score (nSPS) is 11.3. The van der Waals surface area contributed by atoms with E-state index in [1.165, 1.54) is 16.9 Å². The first-order valence-corrected chi connectivity index (χ1v) is 10.3. The van der Waals surface area contributed by atoms with Crippen molar-refractivity contribution in [2.75, 3.05) is 6.54 Å². The number of hydrogen-bond acceptors (Lipinski definition) is 6. The van der Waals surface area contributed by atoms with Gasteiger partial charge in [-0.3, -0.25) is 0 Å². The summed E-state index contributed by atoms with van der Waals surface area (Å²) in [5, 5.41) is 5.16. The number of rotatable bonds is 7. The summed E-state index contributed by atoms with van der Waals surface area (Å²) < 4.78 is 12.7. The summed E-state index contributed by atoms with van der Waals surface area (Å²) in [4.78, 5) is 8.66. The van der Waals surface area contributed by atoms with E-state index in [1.54, 1.807) is 6.20 Å². The molecule has 2 aromatic carbocycles. The topological polar surface area (TPSA) is 60.2 Å². The Kier molecular flexibility index (Phi) is 4.94. The molecule has 0 aliphatic carbocycles. The van der Waals surface area contributed by atoms with Crippen LogP contribution in [0.25, 0.3) is 21.3 Å². The molecule has 0 amide bonds. The van der Waals surface area contributed by atoms with Crippen LogP contribution in [0.5, 0.6) is 10.9 Å². The number of pyridine rings is 1. The average Bonchev–Trinajstić information content (AvgIpc) is 3.35. The largest absolute Gasteiger partial charge is 0.464 e. The van der Waals surface area contributed by atoms with Crippen molar-refractivity contribution in [3.8, 4) is 10.9 Å². The van der Waals surface area contributed by atoms with Crippen molar-refractivity contribution < 1.29 is 9.15 Å². The average molecular weight is 401 g/mol. The number of furan rings is 1. The van der Waals surface area contributed by atoms with E-state index in [0.29, 0.717) is 16.6 Å². The van der Waals surface area contributed by atoms with Crippen LogP contribution in [0, 0.1) is 0 Å². The Morgan fingerprint density at radius 1 is 1.03 bits per heavy atom. The molecule has 0 aliphatic rings. The molecule has 5 rings (SSSR count). The number of nitrogens with zero attached hydrogens (tertiary/aromatic N) is 2. The smallest absolute Gasteiger partial charge is 0.281 e. The molecule has 0 saturated heterocycles. The molecule has 0 bridgehead atoms. The lowest BCUT2D eigenvalue weighted by molar-refractivity contribution is 0.479. The molecular weight excluding hydrogens is 382 g/mol. The minimum absolute atomic E-state index is 0.576. The van der Waals surface area contributed by atoms with Gasteiger partial charge < -0.3 is 14.5 Å². The van der Waals surface area contributed by atoms with Crippen LogP contribution in [0.2, 0.25) is 0 Å². The molecule has 0 saturated carbocycles.